The molecule has 10 heteroatoms. The van der Waals surface area contributed by atoms with E-state index in [0.717, 1.165) is 23.0 Å². The minimum Gasteiger partial charge on any atom is -0.477 e. The second kappa shape index (κ2) is 9.29. The van der Waals surface area contributed by atoms with Crippen LogP contribution in [0.25, 0.3) is 5.69 Å². The molecule has 0 spiro atoms. The summed E-state index contributed by atoms with van der Waals surface area (Å²) in [7, 11) is 1.17. The van der Waals surface area contributed by atoms with Gasteiger partial charge in [0.2, 0.25) is 0 Å². The minimum atomic E-state index is -0.714. The predicted octanol–water partition coefficient (Wildman–Crippen LogP) is 3.51. The van der Waals surface area contributed by atoms with Gasteiger partial charge in [0.1, 0.15) is 0 Å². The Hall–Kier alpha value is -4.21. The summed E-state index contributed by atoms with van der Waals surface area (Å²) >= 11 is 0. The van der Waals surface area contributed by atoms with Crippen LogP contribution in [0.5, 0.6) is 5.75 Å². The van der Waals surface area contributed by atoms with Crippen LogP contribution in [0.2, 0.25) is 0 Å². The van der Waals surface area contributed by atoms with Gasteiger partial charge in [-0.2, -0.15) is 5.10 Å². The Kier molecular flexibility index (Phi) is 6.53. The number of rotatable bonds is 7. The molecule has 0 aliphatic rings. The van der Waals surface area contributed by atoms with Crippen LogP contribution in [0.15, 0.2) is 42.5 Å². The maximum absolute atomic E-state index is 12.5. The smallest absolute Gasteiger partial charge is 0.338 e. The number of ether oxygens (including phenoxy) is 2. The summed E-state index contributed by atoms with van der Waals surface area (Å²) in [5.41, 5.74) is 3.42. The molecule has 3 rings (SSSR count). The van der Waals surface area contributed by atoms with Crippen molar-refractivity contribution in [2.75, 3.05) is 19.0 Å². The van der Waals surface area contributed by atoms with Crippen molar-refractivity contribution in [1.29, 1.82) is 0 Å². The number of nitro groups is 1. The number of nitrogens with one attached hydrogen (secondary N) is 1. The monoisotopic (exact) mass is 438 g/mol. The van der Waals surface area contributed by atoms with E-state index in [4.69, 9.17) is 4.74 Å². The van der Waals surface area contributed by atoms with Gasteiger partial charge < -0.3 is 14.8 Å². The second-order valence-corrected chi connectivity index (χ2v) is 7.06. The van der Waals surface area contributed by atoms with Gasteiger partial charge in [-0.05, 0) is 45.0 Å². The van der Waals surface area contributed by atoms with E-state index >= 15 is 0 Å². The van der Waals surface area contributed by atoms with Gasteiger partial charge in [0, 0.05) is 6.07 Å². The summed E-state index contributed by atoms with van der Waals surface area (Å²) in [6, 6.07) is 11.4. The maximum Gasteiger partial charge on any atom is 0.338 e. The first-order chi connectivity index (χ1) is 15.2. The molecule has 1 amide bonds. The minimum absolute atomic E-state index is 0.00534. The standard InChI is InChI=1S/C22H22N4O6/c1-13-5-8-17(9-6-13)25-15(3)21(14(2)24-25)23-20(27)12-32-19-10-7-16(22(28)31-4)11-18(19)26(29)30/h5-11H,12H2,1-4H3,(H,23,27). The van der Waals surface area contributed by atoms with Gasteiger partial charge >= 0.3 is 11.7 Å². The first kappa shape index (κ1) is 22.5. The zero-order chi connectivity index (χ0) is 23.4. The molecule has 1 heterocycles. The van der Waals surface area contributed by atoms with Crippen molar-refractivity contribution >= 4 is 23.3 Å². The van der Waals surface area contributed by atoms with Crippen LogP contribution in [0.1, 0.15) is 27.3 Å². The number of anilines is 1. The number of aromatic nitrogens is 2. The van der Waals surface area contributed by atoms with E-state index in [1.807, 2.05) is 38.1 Å². The molecule has 10 nitrogen and oxygen atoms in total. The molecule has 0 aliphatic heterocycles. The van der Waals surface area contributed by atoms with Gasteiger partial charge in [-0.15, -0.1) is 0 Å². The maximum atomic E-state index is 12.5. The highest BCUT2D eigenvalue weighted by atomic mass is 16.6. The predicted molar refractivity (Wildman–Crippen MR) is 116 cm³/mol. The highest BCUT2D eigenvalue weighted by Crippen LogP contribution is 2.28. The molecule has 0 radical (unpaired) electrons. The second-order valence-electron chi connectivity index (χ2n) is 7.06. The largest absolute Gasteiger partial charge is 0.477 e. The molecule has 0 unspecified atom stereocenters. The fourth-order valence-electron chi connectivity index (χ4n) is 3.11. The Bertz CT molecular complexity index is 1180. The zero-order valence-electron chi connectivity index (χ0n) is 18.0. The molecule has 0 fully saturated rings. The molecule has 3 aromatic rings. The van der Waals surface area contributed by atoms with E-state index in [2.05, 4.69) is 15.2 Å². The van der Waals surface area contributed by atoms with E-state index in [1.165, 1.54) is 19.2 Å². The number of nitro benzene ring substituents is 1. The third kappa shape index (κ3) is 4.75. The topological polar surface area (TPSA) is 126 Å². The SMILES string of the molecule is COC(=O)c1ccc(OCC(=O)Nc2c(C)nn(-c3ccc(C)cc3)c2C)c([N+](=O)[O-])c1. The third-order valence-corrected chi connectivity index (χ3v) is 4.77. The number of nitrogens with zero attached hydrogens (tertiary/aromatic N) is 3. The lowest BCUT2D eigenvalue weighted by molar-refractivity contribution is -0.385. The lowest BCUT2D eigenvalue weighted by Gasteiger charge is -2.09. The number of carbonyl (C=O) groups excluding carboxylic acids is 2. The summed E-state index contributed by atoms with van der Waals surface area (Å²) in [4.78, 5) is 34.7. The molecule has 166 valence electrons. The number of amides is 1. The Morgan fingerprint density at radius 1 is 1.12 bits per heavy atom. The Morgan fingerprint density at radius 3 is 2.44 bits per heavy atom. The molecule has 1 N–H and O–H groups in total. The van der Waals surface area contributed by atoms with Crippen molar-refractivity contribution in [1.82, 2.24) is 9.78 Å². The van der Waals surface area contributed by atoms with Crippen molar-refractivity contribution in [2.45, 2.75) is 20.8 Å². The fraction of sp³-hybridized carbons (Fsp3) is 0.227. The summed E-state index contributed by atoms with van der Waals surface area (Å²) in [5, 5.41) is 18.6. The van der Waals surface area contributed by atoms with Crippen LogP contribution in [-0.2, 0) is 9.53 Å². The molecule has 0 saturated heterocycles. The molecule has 32 heavy (non-hydrogen) atoms. The van der Waals surface area contributed by atoms with E-state index in [1.54, 1.807) is 11.6 Å². The number of hydrogen-bond acceptors (Lipinski definition) is 7. The Morgan fingerprint density at radius 2 is 1.81 bits per heavy atom. The third-order valence-electron chi connectivity index (χ3n) is 4.77. The highest BCUT2D eigenvalue weighted by Gasteiger charge is 2.21. The highest BCUT2D eigenvalue weighted by molar-refractivity contribution is 5.93. The van der Waals surface area contributed by atoms with E-state index in [0.29, 0.717) is 11.4 Å². The van der Waals surface area contributed by atoms with Crippen LogP contribution in [0, 0.1) is 30.9 Å². The fourth-order valence-corrected chi connectivity index (χ4v) is 3.11. The van der Waals surface area contributed by atoms with Gasteiger partial charge in [0.05, 0.1) is 40.4 Å². The van der Waals surface area contributed by atoms with Crippen molar-refractivity contribution in [3.8, 4) is 11.4 Å². The van der Waals surface area contributed by atoms with Gasteiger partial charge in [-0.3, -0.25) is 14.9 Å². The van der Waals surface area contributed by atoms with Crippen molar-refractivity contribution < 1.29 is 24.0 Å². The quantitative estimate of drug-likeness (QED) is 0.340. The number of esters is 1. The molecule has 0 saturated carbocycles. The first-order valence-electron chi connectivity index (χ1n) is 9.64. The number of hydrogen-bond donors (Lipinski definition) is 1. The lowest BCUT2D eigenvalue weighted by atomic mass is 10.2. The summed E-state index contributed by atoms with van der Waals surface area (Å²) in [5.74, 6) is -1.36. The lowest BCUT2D eigenvalue weighted by Crippen LogP contribution is -2.21. The number of methoxy groups -OCH3 is 1. The summed E-state index contributed by atoms with van der Waals surface area (Å²) in [6.45, 7) is 5.12. The van der Waals surface area contributed by atoms with Crippen LogP contribution >= 0.6 is 0 Å². The van der Waals surface area contributed by atoms with Crippen LogP contribution < -0.4 is 10.1 Å². The van der Waals surface area contributed by atoms with Crippen LogP contribution in [0.4, 0.5) is 11.4 Å². The van der Waals surface area contributed by atoms with Gasteiger partial charge in [0.25, 0.3) is 5.91 Å². The molecular weight excluding hydrogens is 416 g/mol. The van der Waals surface area contributed by atoms with Gasteiger partial charge in [-0.25, -0.2) is 9.48 Å². The van der Waals surface area contributed by atoms with Gasteiger partial charge in [-0.1, -0.05) is 17.7 Å². The molecule has 0 bridgehead atoms. The molecule has 1 aromatic heterocycles. The van der Waals surface area contributed by atoms with Crippen molar-refractivity contribution in [3.05, 3.63) is 75.1 Å². The summed E-state index contributed by atoms with van der Waals surface area (Å²) in [6.07, 6.45) is 0. The van der Waals surface area contributed by atoms with Crippen LogP contribution in [0.3, 0.4) is 0 Å². The Labute approximate surface area is 183 Å². The molecular formula is C22H22N4O6. The van der Waals surface area contributed by atoms with E-state index < -0.39 is 29.1 Å². The van der Waals surface area contributed by atoms with Crippen LogP contribution in [-0.4, -0.2) is 40.3 Å². The zero-order valence-corrected chi connectivity index (χ0v) is 18.0. The average molecular weight is 438 g/mol. The molecule has 0 atom stereocenters. The van der Waals surface area contributed by atoms with Crippen molar-refractivity contribution in [2.24, 2.45) is 0 Å². The number of carbonyl (C=O) groups is 2. The van der Waals surface area contributed by atoms with E-state index in [9.17, 15) is 19.7 Å². The van der Waals surface area contributed by atoms with Crippen molar-refractivity contribution in [3.63, 3.8) is 0 Å². The normalized spacial score (nSPS) is 10.5. The van der Waals surface area contributed by atoms with Gasteiger partial charge in [0.15, 0.2) is 12.4 Å². The summed E-state index contributed by atoms with van der Waals surface area (Å²) < 4.78 is 11.6. The number of benzene rings is 2. The average Bonchev–Trinajstić information content (AvgIpc) is 3.05. The van der Waals surface area contributed by atoms with E-state index in [-0.39, 0.29) is 11.3 Å². The Balaban J connectivity index is 1.74. The molecule has 2 aromatic carbocycles. The number of aryl methyl sites for hydroxylation is 2. The first-order valence-corrected chi connectivity index (χ1v) is 9.64. The molecule has 0 aliphatic carbocycles.